The summed E-state index contributed by atoms with van der Waals surface area (Å²) < 4.78 is 0. The molecule has 0 aliphatic carbocycles. The minimum atomic E-state index is -0.473. The van der Waals surface area contributed by atoms with Crippen LogP contribution in [0.2, 0.25) is 0 Å². The molecule has 2 fully saturated rings. The number of hydrogen-bond acceptors (Lipinski definition) is 4. The van der Waals surface area contributed by atoms with Crippen molar-refractivity contribution in [3.8, 4) is 0 Å². The van der Waals surface area contributed by atoms with Crippen LogP contribution in [-0.4, -0.2) is 53.8 Å². The van der Waals surface area contributed by atoms with E-state index in [1.807, 2.05) is 6.20 Å². The number of β-amino-alcohol motifs (C(OH)–C–C–N with tert-alkyl or cyclic N) is 1. The van der Waals surface area contributed by atoms with Crippen molar-refractivity contribution in [2.24, 2.45) is 5.92 Å². The first-order valence-corrected chi connectivity index (χ1v) is 8.10. The van der Waals surface area contributed by atoms with Crippen molar-refractivity contribution < 1.29 is 5.11 Å². The van der Waals surface area contributed by atoms with Crippen LogP contribution >= 0.6 is 0 Å². The fraction of sp³-hybridized carbons (Fsp3) is 0.706. The Kier molecular flexibility index (Phi) is 3.93. The molecule has 0 saturated carbocycles. The van der Waals surface area contributed by atoms with Crippen molar-refractivity contribution in [1.82, 2.24) is 9.88 Å². The monoisotopic (exact) mass is 289 g/mol. The van der Waals surface area contributed by atoms with Crippen molar-refractivity contribution in [3.05, 3.63) is 24.0 Å². The number of likely N-dealkylation sites (N-methyl/N-ethyl adjacent to an activating group) is 1. The molecule has 1 aromatic rings. The lowest BCUT2D eigenvalue weighted by Crippen LogP contribution is -2.66. The normalized spacial score (nSPS) is 26.0. The summed E-state index contributed by atoms with van der Waals surface area (Å²) >= 11 is 0. The van der Waals surface area contributed by atoms with Gasteiger partial charge in [-0.2, -0.15) is 0 Å². The fourth-order valence-electron chi connectivity index (χ4n) is 3.72. The summed E-state index contributed by atoms with van der Waals surface area (Å²) in [5, 5.41) is 10.7. The number of nitrogens with zero attached hydrogens (tertiary/aromatic N) is 3. The Morgan fingerprint density at radius 3 is 2.67 bits per heavy atom. The van der Waals surface area contributed by atoms with E-state index in [0.717, 1.165) is 44.7 Å². The van der Waals surface area contributed by atoms with Crippen molar-refractivity contribution in [2.45, 2.75) is 38.2 Å². The Bertz CT molecular complexity index is 479. The maximum absolute atomic E-state index is 10.7. The van der Waals surface area contributed by atoms with Crippen LogP contribution < -0.4 is 4.90 Å². The number of aliphatic hydroxyl groups is 1. The van der Waals surface area contributed by atoms with Crippen molar-refractivity contribution in [1.29, 1.82) is 0 Å². The fourth-order valence-corrected chi connectivity index (χ4v) is 3.72. The van der Waals surface area contributed by atoms with Gasteiger partial charge in [-0.05, 0) is 37.9 Å². The molecule has 2 aliphatic rings. The summed E-state index contributed by atoms with van der Waals surface area (Å²) in [4.78, 5) is 9.16. The van der Waals surface area contributed by atoms with Crippen LogP contribution in [0.25, 0.3) is 0 Å². The first kappa shape index (κ1) is 14.8. The van der Waals surface area contributed by atoms with Gasteiger partial charge in [-0.3, -0.25) is 4.98 Å². The highest BCUT2D eigenvalue weighted by molar-refractivity contribution is 5.45. The van der Waals surface area contributed by atoms with Gasteiger partial charge in [-0.15, -0.1) is 0 Å². The molecular weight excluding hydrogens is 262 g/mol. The zero-order chi connectivity index (χ0) is 15.0. The SMILES string of the molecule is CC(C)c1ccc(N2CCC[C@@H](C3(O)CN(C)C3)C2)cn1. The molecule has 4 nitrogen and oxygen atoms in total. The van der Waals surface area contributed by atoms with Crippen LogP contribution in [0.5, 0.6) is 0 Å². The van der Waals surface area contributed by atoms with E-state index in [-0.39, 0.29) is 0 Å². The van der Waals surface area contributed by atoms with E-state index in [1.165, 1.54) is 5.69 Å². The standard InChI is InChI=1S/C17H27N3O/c1-13(2)16-7-6-15(9-18-16)20-8-4-5-14(10-20)17(21)11-19(3)12-17/h6-7,9,13-14,21H,4-5,8,10-12H2,1-3H3/t14-/m1/s1. The van der Waals surface area contributed by atoms with Crippen molar-refractivity contribution in [3.63, 3.8) is 0 Å². The van der Waals surface area contributed by atoms with Crippen LogP contribution in [-0.2, 0) is 0 Å². The molecule has 0 aromatic carbocycles. The van der Waals surface area contributed by atoms with Gasteiger partial charge in [0.2, 0.25) is 0 Å². The second kappa shape index (κ2) is 5.58. The molecular formula is C17H27N3O. The van der Waals surface area contributed by atoms with E-state index in [1.54, 1.807) is 0 Å². The van der Waals surface area contributed by atoms with Gasteiger partial charge in [-0.1, -0.05) is 13.8 Å². The highest BCUT2D eigenvalue weighted by Gasteiger charge is 2.46. The quantitative estimate of drug-likeness (QED) is 0.925. The summed E-state index contributed by atoms with van der Waals surface area (Å²) in [6.07, 6.45) is 4.29. The first-order chi connectivity index (χ1) is 9.98. The Labute approximate surface area is 127 Å². The molecule has 0 unspecified atom stereocenters. The van der Waals surface area contributed by atoms with Gasteiger partial charge in [0.1, 0.15) is 0 Å². The van der Waals surface area contributed by atoms with Crippen LogP contribution in [0.15, 0.2) is 18.3 Å². The topological polar surface area (TPSA) is 39.6 Å². The third-order valence-electron chi connectivity index (χ3n) is 5.00. The van der Waals surface area contributed by atoms with Crippen LogP contribution in [0.3, 0.4) is 0 Å². The number of piperidine rings is 1. The largest absolute Gasteiger partial charge is 0.387 e. The van der Waals surface area contributed by atoms with E-state index >= 15 is 0 Å². The molecule has 3 heterocycles. The number of pyridine rings is 1. The van der Waals surface area contributed by atoms with Gasteiger partial charge in [0.05, 0.1) is 17.5 Å². The Balaban J connectivity index is 1.68. The zero-order valence-electron chi connectivity index (χ0n) is 13.4. The predicted molar refractivity (Wildman–Crippen MR) is 85.7 cm³/mol. The molecule has 0 radical (unpaired) electrons. The first-order valence-electron chi connectivity index (χ1n) is 8.10. The van der Waals surface area contributed by atoms with E-state index in [4.69, 9.17) is 0 Å². The highest BCUT2D eigenvalue weighted by atomic mass is 16.3. The molecule has 4 heteroatoms. The van der Waals surface area contributed by atoms with E-state index in [9.17, 15) is 5.11 Å². The average Bonchev–Trinajstić information content (AvgIpc) is 2.46. The molecule has 1 N–H and O–H groups in total. The molecule has 1 aromatic heterocycles. The maximum atomic E-state index is 10.7. The summed E-state index contributed by atoms with van der Waals surface area (Å²) in [5.74, 6) is 0.853. The smallest absolute Gasteiger partial charge is 0.0944 e. The third-order valence-corrected chi connectivity index (χ3v) is 5.00. The summed E-state index contributed by atoms with van der Waals surface area (Å²) in [7, 11) is 2.07. The minimum absolute atomic E-state index is 0.382. The molecule has 0 spiro atoms. The summed E-state index contributed by atoms with van der Waals surface area (Å²) in [6.45, 7) is 7.99. The predicted octanol–water partition coefficient (Wildman–Crippen LogP) is 2.10. The average molecular weight is 289 g/mol. The second-order valence-corrected chi connectivity index (χ2v) is 7.16. The molecule has 21 heavy (non-hydrogen) atoms. The molecule has 1 atom stereocenters. The molecule has 2 saturated heterocycles. The molecule has 0 bridgehead atoms. The van der Waals surface area contributed by atoms with Crippen LogP contribution in [0.1, 0.15) is 38.3 Å². The number of aromatic nitrogens is 1. The van der Waals surface area contributed by atoms with Crippen molar-refractivity contribution in [2.75, 3.05) is 38.1 Å². The number of hydrogen-bond donors (Lipinski definition) is 1. The Morgan fingerprint density at radius 2 is 2.10 bits per heavy atom. The summed E-state index contributed by atoms with van der Waals surface area (Å²) in [6, 6.07) is 4.32. The van der Waals surface area contributed by atoms with Crippen LogP contribution in [0.4, 0.5) is 5.69 Å². The molecule has 116 valence electrons. The minimum Gasteiger partial charge on any atom is -0.387 e. The van der Waals surface area contributed by atoms with E-state index < -0.39 is 5.60 Å². The third kappa shape index (κ3) is 2.92. The zero-order valence-corrected chi connectivity index (χ0v) is 13.4. The number of likely N-dealkylation sites (tertiary alicyclic amines) is 1. The Hall–Kier alpha value is -1.13. The number of anilines is 1. The van der Waals surface area contributed by atoms with Gasteiger partial charge >= 0.3 is 0 Å². The van der Waals surface area contributed by atoms with E-state index in [0.29, 0.717) is 11.8 Å². The van der Waals surface area contributed by atoms with Crippen LogP contribution in [0, 0.1) is 5.92 Å². The van der Waals surface area contributed by atoms with Crippen molar-refractivity contribution >= 4 is 5.69 Å². The lowest BCUT2D eigenvalue weighted by molar-refractivity contribution is -0.128. The summed E-state index contributed by atoms with van der Waals surface area (Å²) in [5.41, 5.74) is 1.87. The van der Waals surface area contributed by atoms with Gasteiger partial charge in [0, 0.05) is 37.8 Å². The van der Waals surface area contributed by atoms with Gasteiger partial charge in [0.15, 0.2) is 0 Å². The Morgan fingerprint density at radius 1 is 1.33 bits per heavy atom. The van der Waals surface area contributed by atoms with E-state index in [2.05, 4.69) is 47.8 Å². The molecule has 0 amide bonds. The van der Waals surface area contributed by atoms with Gasteiger partial charge in [0.25, 0.3) is 0 Å². The lowest BCUT2D eigenvalue weighted by atomic mass is 9.76. The maximum Gasteiger partial charge on any atom is 0.0944 e. The molecule has 2 aliphatic heterocycles. The molecule has 3 rings (SSSR count). The highest BCUT2D eigenvalue weighted by Crippen LogP contribution is 2.35. The van der Waals surface area contributed by atoms with Gasteiger partial charge < -0.3 is 14.9 Å². The number of rotatable bonds is 3. The second-order valence-electron chi connectivity index (χ2n) is 7.16. The lowest BCUT2D eigenvalue weighted by Gasteiger charge is -2.52. The van der Waals surface area contributed by atoms with Gasteiger partial charge in [-0.25, -0.2) is 0 Å².